The van der Waals surface area contributed by atoms with Crippen LogP contribution in [0.1, 0.15) is 55.8 Å². The Morgan fingerprint density at radius 1 is 1.20 bits per heavy atom. The van der Waals surface area contributed by atoms with E-state index in [1.165, 1.54) is 31.5 Å². The van der Waals surface area contributed by atoms with Crippen LogP contribution in [0.25, 0.3) is 0 Å². The van der Waals surface area contributed by atoms with Crippen LogP contribution in [0.4, 0.5) is 0 Å². The summed E-state index contributed by atoms with van der Waals surface area (Å²) in [6.45, 7) is 1.62. The first-order valence-corrected chi connectivity index (χ1v) is 9.45. The Morgan fingerprint density at radius 3 is 2.32 bits per heavy atom. The fourth-order valence-corrected chi connectivity index (χ4v) is 5.52. The van der Waals surface area contributed by atoms with E-state index >= 15 is 0 Å². The van der Waals surface area contributed by atoms with Gasteiger partial charge in [0, 0.05) is 11.7 Å². The first kappa shape index (κ1) is 16.8. The molecule has 0 radical (unpaired) electrons. The van der Waals surface area contributed by atoms with Gasteiger partial charge in [-0.05, 0) is 75.3 Å². The van der Waals surface area contributed by atoms with Crippen molar-refractivity contribution in [2.45, 2.75) is 57.1 Å². The molecule has 4 aliphatic rings. The van der Waals surface area contributed by atoms with Crippen LogP contribution < -0.4 is 5.32 Å². The maximum Gasteiger partial charge on any atom is 0.340 e. The highest BCUT2D eigenvalue weighted by Crippen LogP contribution is 2.55. The van der Waals surface area contributed by atoms with E-state index < -0.39 is 12.1 Å². The van der Waals surface area contributed by atoms with Gasteiger partial charge in [0.15, 0.2) is 6.10 Å². The minimum Gasteiger partial charge on any atom is -0.449 e. The number of nitrogens with one attached hydrogen (secondary N) is 1. The van der Waals surface area contributed by atoms with E-state index in [1.807, 2.05) is 0 Å². The van der Waals surface area contributed by atoms with Gasteiger partial charge in [-0.15, -0.1) is 0 Å². The molecular formula is C19H23ClN2O3. The number of carbonyl (C=O) groups is 2. The lowest BCUT2D eigenvalue weighted by Gasteiger charge is -2.57. The Kier molecular flexibility index (Phi) is 4.22. The third-order valence-electron chi connectivity index (χ3n) is 6.04. The largest absolute Gasteiger partial charge is 0.449 e. The average molecular weight is 363 g/mol. The van der Waals surface area contributed by atoms with E-state index in [0.29, 0.717) is 10.7 Å². The van der Waals surface area contributed by atoms with Gasteiger partial charge in [-0.1, -0.05) is 11.6 Å². The summed E-state index contributed by atoms with van der Waals surface area (Å²) in [5.41, 5.74) is 0.216. The third kappa shape index (κ3) is 3.39. The SMILES string of the molecule is C[C@H](OC(=O)c1ccc(Cl)nc1)C(=O)NC12CC3CC(CC(C3)C1)C2. The molecule has 1 heterocycles. The lowest BCUT2D eigenvalue weighted by molar-refractivity contribution is -0.134. The maximum atomic E-state index is 12.6. The van der Waals surface area contributed by atoms with Crippen molar-refractivity contribution in [1.82, 2.24) is 10.3 Å². The van der Waals surface area contributed by atoms with Gasteiger partial charge in [0.25, 0.3) is 5.91 Å². The second-order valence-corrected chi connectivity index (χ2v) is 8.49. The summed E-state index contributed by atoms with van der Waals surface area (Å²) < 4.78 is 5.32. The molecule has 4 fully saturated rings. The molecule has 5 rings (SSSR count). The van der Waals surface area contributed by atoms with Gasteiger partial charge in [0.2, 0.25) is 0 Å². The zero-order chi connectivity index (χ0) is 17.6. The Morgan fingerprint density at radius 2 is 1.80 bits per heavy atom. The average Bonchev–Trinajstić information content (AvgIpc) is 2.53. The van der Waals surface area contributed by atoms with Gasteiger partial charge in [0.05, 0.1) is 5.56 Å². The summed E-state index contributed by atoms with van der Waals surface area (Å²) in [7, 11) is 0. The van der Waals surface area contributed by atoms with Gasteiger partial charge in [-0.2, -0.15) is 0 Å². The maximum absolute atomic E-state index is 12.6. The number of aromatic nitrogens is 1. The van der Waals surface area contributed by atoms with E-state index in [9.17, 15) is 9.59 Å². The lowest BCUT2D eigenvalue weighted by atomic mass is 9.53. The highest BCUT2D eigenvalue weighted by molar-refractivity contribution is 6.29. The van der Waals surface area contributed by atoms with Gasteiger partial charge in [0.1, 0.15) is 5.15 Å². The molecule has 0 aliphatic heterocycles. The molecule has 6 heteroatoms. The van der Waals surface area contributed by atoms with E-state index in [2.05, 4.69) is 10.3 Å². The van der Waals surface area contributed by atoms with E-state index in [1.54, 1.807) is 13.0 Å². The summed E-state index contributed by atoms with van der Waals surface area (Å²) >= 11 is 5.72. The van der Waals surface area contributed by atoms with Crippen molar-refractivity contribution in [3.63, 3.8) is 0 Å². The molecular weight excluding hydrogens is 340 g/mol. The third-order valence-corrected chi connectivity index (χ3v) is 6.27. The lowest BCUT2D eigenvalue weighted by Crippen LogP contribution is -2.61. The predicted molar refractivity (Wildman–Crippen MR) is 93.2 cm³/mol. The van der Waals surface area contributed by atoms with Crippen molar-refractivity contribution < 1.29 is 14.3 Å². The van der Waals surface area contributed by atoms with Crippen LogP contribution in [0.5, 0.6) is 0 Å². The molecule has 1 atom stereocenters. The van der Waals surface area contributed by atoms with Crippen molar-refractivity contribution in [2.75, 3.05) is 0 Å². The molecule has 1 aromatic rings. The fourth-order valence-electron chi connectivity index (χ4n) is 5.41. The van der Waals surface area contributed by atoms with Gasteiger partial charge in [-0.3, -0.25) is 4.79 Å². The second-order valence-electron chi connectivity index (χ2n) is 8.10. The number of rotatable bonds is 4. The Balaban J connectivity index is 1.38. The second kappa shape index (κ2) is 6.27. The zero-order valence-electron chi connectivity index (χ0n) is 14.3. The smallest absolute Gasteiger partial charge is 0.340 e. The first-order chi connectivity index (χ1) is 11.9. The first-order valence-electron chi connectivity index (χ1n) is 9.07. The zero-order valence-corrected chi connectivity index (χ0v) is 15.1. The quantitative estimate of drug-likeness (QED) is 0.658. The molecule has 134 valence electrons. The van der Waals surface area contributed by atoms with Gasteiger partial charge < -0.3 is 10.1 Å². The summed E-state index contributed by atoms with van der Waals surface area (Å²) in [6, 6.07) is 3.07. The monoisotopic (exact) mass is 362 g/mol. The van der Waals surface area contributed by atoms with Crippen LogP contribution in [0.3, 0.4) is 0 Å². The number of hydrogen-bond acceptors (Lipinski definition) is 4. The minimum atomic E-state index is -0.823. The molecule has 5 nitrogen and oxygen atoms in total. The summed E-state index contributed by atoms with van der Waals surface area (Å²) in [5.74, 6) is 1.51. The number of nitrogens with zero attached hydrogens (tertiary/aromatic N) is 1. The fraction of sp³-hybridized carbons (Fsp3) is 0.632. The van der Waals surface area contributed by atoms with E-state index in [0.717, 1.165) is 37.0 Å². The number of ether oxygens (including phenoxy) is 1. The summed E-state index contributed by atoms with van der Waals surface area (Å²) in [5, 5.41) is 3.55. The number of esters is 1. The van der Waals surface area contributed by atoms with Gasteiger partial charge in [-0.25, -0.2) is 9.78 Å². The number of halogens is 1. The molecule has 1 amide bonds. The molecule has 4 aliphatic carbocycles. The highest BCUT2D eigenvalue weighted by Gasteiger charge is 2.51. The number of hydrogen-bond donors (Lipinski definition) is 1. The predicted octanol–water partition coefficient (Wildman–Crippen LogP) is 3.37. The standard InChI is InChI=1S/C19H23ClN2O3/c1-11(25-18(24)15-2-3-16(20)21-10-15)17(23)22-19-7-12-4-13(8-19)6-14(5-12)9-19/h2-3,10-14H,4-9H2,1H3,(H,22,23)/t11-,12?,13?,14?,19?/m0/s1. The van der Waals surface area contributed by atoms with Crippen molar-refractivity contribution in [2.24, 2.45) is 17.8 Å². The molecule has 1 N–H and O–H groups in total. The Labute approximate surface area is 152 Å². The summed E-state index contributed by atoms with van der Waals surface area (Å²) in [4.78, 5) is 28.6. The highest BCUT2D eigenvalue weighted by atomic mass is 35.5. The minimum absolute atomic E-state index is 0.0751. The van der Waals surface area contributed by atoms with Crippen LogP contribution in [0.2, 0.25) is 5.15 Å². The van der Waals surface area contributed by atoms with Crippen LogP contribution >= 0.6 is 11.6 Å². The summed E-state index contributed by atoms with van der Waals surface area (Å²) in [6.07, 6.45) is 7.73. The number of amides is 1. The molecule has 1 aromatic heterocycles. The molecule has 0 saturated heterocycles. The van der Waals surface area contributed by atoms with Gasteiger partial charge >= 0.3 is 5.97 Å². The number of pyridine rings is 1. The van der Waals surface area contributed by atoms with Crippen molar-refractivity contribution in [3.05, 3.63) is 29.0 Å². The molecule has 25 heavy (non-hydrogen) atoms. The topological polar surface area (TPSA) is 68.3 Å². The molecule has 0 aromatic carbocycles. The molecule has 4 bridgehead atoms. The van der Waals surface area contributed by atoms with Crippen LogP contribution in [0.15, 0.2) is 18.3 Å². The van der Waals surface area contributed by atoms with Crippen molar-refractivity contribution in [1.29, 1.82) is 0 Å². The van der Waals surface area contributed by atoms with Crippen molar-refractivity contribution in [3.8, 4) is 0 Å². The van der Waals surface area contributed by atoms with E-state index in [-0.39, 0.29) is 11.4 Å². The van der Waals surface area contributed by atoms with Crippen LogP contribution in [0, 0.1) is 17.8 Å². The number of carbonyl (C=O) groups excluding carboxylic acids is 2. The molecule has 0 unspecified atom stereocenters. The molecule has 4 saturated carbocycles. The Hall–Kier alpha value is -1.62. The van der Waals surface area contributed by atoms with Crippen LogP contribution in [-0.2, 0) is 9.53 Å². The normalized spacial score (nSPS) is 33.8. The van der Waals surface area contributed by atoms with E-state index in [4.69, 9.17) is 16.3 Å². The van der Waals surface area contributed by atoms with Crippen molar-refractivity contribution >= 4 is 23.5 Å². The van der Waals surface area contributed by atoms with Crippen LogP contribution in [-0.4, -0.2) is 28.5 Å². The molecule has 0 spiro atoms. The Bertz CT molecular complexity index is 653.